The van der Waals surface area contributed by atoms with Crippen LogP contribution in [0.5, 0.6) is 5.75 Å². The van der Waals surface area contributed by atoms with Gasteiger partial charge in [-0.1, -0.05) is 17.3 Å². The molecule has 6 nitrogen and oxygen atoms in total. The zero-order chi connectivity index (χ0) is 15.2. The number of aromatic nitrogens is 1. The van der Waals surface area contributed by atoms with Crippen molar-refractivity contribution in [2.24, 2.45) is 0 Å². The molecular weight excluding hydrogens is 270 g/mol. The number of benzene rings is 1. The molecule has 2 rings (SSSR count). The molecule has 0 aliphatic rings. The van der Waals surface area contributed by atoms with E-state index in [1.165, 1.54) is 5.56 Å². The van der Waals surface area contributed by atoms with E-state index in [-0.39, 0.29) is 6.03 Å². The van der Waals surface area contributed by atoms with E-state index in [9.17, 15) is 4.79 Å². The predicted molar refractivity (Wildman–Crippen MR) is 79.7 cm³/mol. The Morgan fingerprint density at radius 3 is 2.86 bits per heavy atom. The molecule has 1 aromatic carbocycles. The van der Waals surface area contributed by atoms with Gasteiger partial charge in [0.05, 0.1) is 6.54 Å². The monoisotopic (exact) mass is 289 g/mol. The second-order valence-electron chi connectivity index (χ2n) is 4.75. The number of hydrogen-bond acceptors (Lipinski definition) is 4. The van der Waals surface area contributed by atoms with Crippen LogP contribution in [0, 0.1) is 20.8 Å². The minimum Gasteiger partial charge on any atom is -0.491 e. The van der Waals surface area contributed by atoms with E-state index in [2.05, 4.69) is 15.8 Å². The van der Waals surface area contributed by atoms with Crippen LogP contribution in [0.3, 0.4) is 0 Å². The van der Waals surface area contributed by atoms with Gasteiger partial charge in [-0.25, -0.2) is 4.79 Å². The van der Waals surface area contributed by atoms with Crippen molar-refractivity contribution in [3.8, 4) is 5.75 Å². The quantitative estimate of drug-likeness (QED) is 0.830. The summed E-state index contributed by atoms with van der Waals surface area (Å²) >= 11 is 0. The Morgan fingerprint density at radius 2 is 2.14 bits per heavy atom. The maximum atomic E-state index is 11.6. The Morgan fingerprint density at radius 1 is 1.33 bits per heavy atom. The lowest BCUT2D eigenvalue weighted by molar-refractivity contribution is 0.247. The number of carbonyl (C=O) groups is 1. The molecule has 112 valence electrons. The van der Waals surface area contributed by atoms with Crippen LogP contribution in [0.2, 0.25) is 0 Å². The zero-order valence-corrected chi connectivity index (χ0v) is 12.4. The smallest absolute Gasteiger partial charge is 0.320 e. The summed E-state index contributed by atoms with van der Waals surface area (Å²) in [6.07, 6.45) is 0. The molecule has 21 heavy (non-hydrogen) atoms. The summed E-state index contributed by atoms with van der Waals surface area (Å²) in [7, 11) is 0. The topological polar surface area (TPSA) is 76.4 Å². The lowest BCUT2D eigenvalue weighted by Crippen LogP contribution is -2.32. The summed E-state index contributed by atoms with van der Waals surface area (Å²) in [5.74, 6) is 1.87. The Kier molecular flexibility index (Phi) is 4.81. The third kappa shape index (κ3) is 4.24. The molecule has 0 saturated carbocycles. The third-order valence-corrected chi connectivity index (χ3v) is 3.07. The highest BCUT2D eigenvalue weighted by molar-refractivity contribution is 5.88. The fraction of sp³-hybridized carbons (Fsp3) is 0.333. The molecule has 2 amide bonds. The lowest BCUT2D eigenvalue weighted by Gasteiger charge is -2.11. The molecule has 0 aliphatic carbocycles. The largest absolute Gasteiger partial charge is 0.491 e. The first-order valence-corrected chi connectivity index (χ1v) is 6.73. The second-order valence-corrected chi connectivity index (χ2v) is 4.75. The SMILES string of the molecule is Cc1cc(NC(=O)NCCOc2cccc(C)c2C)no1. The van der Waals surface area contributed by atoms with Crippen LogP contribution in [-0.2, 0) is 0 Å². The lowest BCUT2D eigenvalue weighted by atomic mass is 10.1. The summed E-state index contributed by atoms with van der Waals surface area (Å²) in [6, 6.07) is 7.21. The number of nitrogens with one attached hydrogen (secondary N) is 2. The van der Waals surface area contributed by atoms with Crippen molar-refractivity contribution in [1.82, 2.24) is 10.5 Å². The number of hydrogen-bond donors (Lipinski definition) is 2. The average molecular weight is 289 g/mol. The first kappa shape index (κ1) is 14.9. The van der Waals surface area contributed by atoms with Crippen LogP contribution in [0.1, 0.15) is 16.9 Å². The van der Waals surface area contributed by atoms with Gasteiger partial charge in [0.15, 0.2) is 5.82 Å². The van der Waals surface area contributed by atoms with Gasteiger partial charge in [-0.15, -0.1) is 0 Å². The molecule has 2 aromatic rings. The van der Waals surface area contributed by atoms with Gasteiger partial charge < -0.3 is 14.6 Å². The van der Waals surface area contributed by atoms with E-state index in [0.29, 0.717) is 24.7 Å². The van der Waals surface area contributed by atoms with Crippen molar-refractivity contribution in [1.29, 1.82) is 0 Å². The van der Waals surface area contributed by atoms with Crippen LogP contribution in [0.15, 0.2) is 28.8 Å². The van der Waals surface area contributed by atoms with Gasteiger partial charge in [0.2, 0.25) is 0 Å². The van der Waals surface area contributed by atoms with E-state index >= 15 is 0 Å². The van der Waals surface area contributed by atoms with Crippen molar-refractivity contribution >= 4 is 11.8 Å². The highest BCUT2D eigenvalue weighted by Gasteiger charge is 2.05. The molecular formula is C15H19N3O3. The van der Waals surface area contributed by atoms with E-state index in [4.69, 9.17) is 9.26 Å². The Hall–Kier alpha value is -2.50. The first-order chi connectivity index (χ1) is 10.1. The molecule has 1 aromatic heterocycles. The van der Waals surface area contributed by atoms with Crippen LogP contribution in [0.25, 0.3) is 0 Å². The van der Waals surface area contributed by atoms with E-state index in [1.54, 1.807) is 13.0 Å². The second kappa shape index (κ2) is 6.78. The Labute approximate surface area is 123 Å². The minimum atomic E-state index is -0.340. The number of nitrogens with zero attached hydrogens (tertiary/aromatic N) is 1. The van der Waals surface area contributed by atoms with Gasteiger partial charge in [-0.2, -0.15) is 0 Å². The summed E-state index contributed by atoms with van der Waals surface area (Å²) in [5.41, 5.74) is 2.29. The van der Waals surface area contributed by atoms with Gasteiger partial charge in [0.25, 0.3) is 0 Å². The van der Waals surface area contributed by atoms with E-state index in [0.717, 1.165) is 11.3 Å². The summed E-state index contributed by atoms with van der Waals surface area (Å²) in [5, 5.41) is 8.93. The maximum Gasteiger partial charge on any atom is 0.320 e. The zero-order valence-electron chi connectivity index (χ0n) is 12.4. The Bertz CT molecular complexity index is 622. The first-order valence-electron chi connectivity index (χ1n) is 6.73. The third-order valence-electron chi connectivity index (χ3n) is 3.07. The molecule has 0 atom stereocenters. The normalized spacial score (nSPS) is 10.2. The average Bonchev–Trinajstić information content (AvgIpc) is 2.84. The standard InChI is InChI=1S/C15H19N3O3/c1-10-5-4-6-13(12(10)3)20-8-7-16-15(19)17-14-9-11(2)21-18-14/h4-6,9H,7-8H2,1-3H3,(H2,16,17,18,19). The van der Waals surface area contributed by atoms with E-state index in [1.807, 2.05) is 32.0 Å². The van der Waals surface area contributed by atoms with Crippen LogP contribution in [0.4, 0.5) is 10.6 Å². The molecule has 2 N–H and O–H groups in total. The van der Waals surface area contributed by atoms with Crippen molar-refractivity contribution in [2.75, 3.05) is 18.5 Å². The van der Waals surface area contributed by atoms with Crippen molar-refractivity contribution in [3.05, 3.63) is 41.2 Å². The van der Waals surface area contributed by atoms with Crippen LogP contribution < -0.4 is 15.4 Å². The van der Waals surface area contributed by atoms with Crippen molar-refractivity contribution in [2.45, 2.75) is 20.8 Å². The maximum absolute atomic E-state index is 11.6. The molecule has 0 fully saturated rings. The molecule has 1 heterocycles. The van der Waals surface area contributed by atoms with Crippen LogP contribution >= 0.6 is 0 Å². The highest BCUT2D eigenvalue weighted by atomic mass is 16.5. The van der Waals surface area contributed by atoms with Gasteiger partial charge >= 0.3 is 6.03 Å². The molecule has 0 saturated heterocycles. The number of carbonyl (C=O) groups excluding carboxylic acids is 1. The molecule has 0 bridgehead atoms. The number of urea groups is 1. The fourth-order valence-corrected chi connectivity index (χ4v) is 1.79. The van der Waals surface area contributed by atoms with Gasteiger partial charge in [-0.05, 0) is 38.0 Å². The van der Waals surface area contributed by atoms with Crippen LogP contribution in [-0.4, -0.2) is 24.3 Å². The number of aryl methyl sites for hydroxylation is 2. The minimum absolute atomic E-state index is 0.340. The van der Waals surface area contributed by atoms with Gasteiger partial charge in [0, 0.05) is 6.07 Å². The number of amides is 2. The number of ether oxygens (including phenoxy) is 1. The molecule has 0 aliphatic heterocycles. The number of anilines is 1. The summed E-state index contributed by atoms with van der Waals surface area (Å²) < 4.78 is 10.5. The van der Waals surface area contributed by atoms with Crippen molar-refractivity contribution in [3.63, 3.8) is 0 Å². The summed E-state index contributed by atoms with van der Waals surface area (Å²) in [4.78, 5) is 11.6. The summed E-state index contributed by atoms with van der Waals surface area (Å²) in [6.45, 7) is 6.60. The molecule has 0 radical (unpaired) electrons. The van der Waals surface area contributed by atoms with E-state index < -0.39 is 0 Å². The molecule has 0 spiro atoms. The highest BCUT2D eigenvalue weighted by Crippen LogP contribution is 2.20. The predicted octanol–water partition coefficient (Wildman–Crippen LogP) is 2.80. The van der Waals surface area contributed by atoms with Crippen molar-refractivity contribution < 1.29 is 14.1 Å². The molecule has 0 unspecified atom stereocenters. The number of rotatable bonds is 5. The van der Waals surface area contributed by atoms with Gasteiger partial charge in [-0.3, -0.25) is 5.32 Å². The fourth-order valence-electron chi connectivity index (χ4n) is 1.79. The molecule has 6 heteroatoms. The Balaban J connectivity index is 1.72. The van der Waals surface area contributed by atoms with Gasteiger partial charge in [0.1, 0.15) is 18.1 Å².